The van der Waals surface area contributed by atoms with Crippen molar-refractivity contribution in [3.63, 3.8) is 0 Å². The molecule has 0 saturated carbocycles. The van der Waals surface area contributed by atoms with E-state index in [4.69, 9.17) is 9.16 Å². The summed E-state index contributed by atoms with van der Waals surface area (Å²) in [4.78, 5) is 0. The Labute approximate surface area is 166 Å². The molecule has 0 atom stereocenters. The Morgan fingerprint density at radius 2 is 1.30 bits per heavy atom. The van der Waals surface area contributed by atoms with Gasteiger partial charge in [0.2, 0.25) is 0 Å². The van der Waals surface area contributed by atoms with Gasteiger partial charge in [0.05, 0.1) is 7.11 Å². The first-order valence-corrected chi connectivity index (χ1v) is 12.1. The van der Waals surface area contributed by atoms with Crippen LogP contribution in [0.1, 0.15) is 47.1 Å². The normalized spacial score (nSPS) is 12.0. The third kappa shape index (κ3) is 4.67. The molecular weight excluding hydrogens is 350 g/mol. The van der Waals surface area contributed by atoms with Crippen LogP contribution in [0.15, 0.2) is 42.5 Å². The molecule has 0 fully saturated rings. The van der Waals surface area contributed by atoms with Gasteiger partial charge >= 0.3 is 0 Å². The van der Waals surface area contributed by atoms with E-state index in [-0.39, 0.29) is 0 Å². The van der Waals surface area contributed by atoms with Crippen molar-refractivity contribution in [2.45, 2.75) is 65.1 Å². The van der Waals surface area contributed by atoms with Crippen molar-refractivity contribution in [1.82, 2.24) is 0 Å². The van der Waals surface area contributed by atoms with Crippen molar-refractivity contribution in [2.24, 2.45) is 0 Å². The van der Waals surface area contributed by atoms with Gasteiger partial charge in [-0.05, 0) is 59.4 Å². The van der Waals surface area contributed by atoms with E-state index in [1.165, 1.54) is 5.56 Å². The van der Waals surface area contributed by atoms with Gasteiger partial charge < -0.3 is 14.5 Å². The van der Waals surface area contributed by atoms with Crippen LogP contribution in [0.4, 0.5) is 11.4 Å². The molecule has 0 bridgehead atoms. The summed E-state index contributed by atoms with van der Waals surface area (Å²) in [7, 11) is -0.291. The minimum Gasteiger partial charge on any atom is -0.542 e. The number of benzene rings is 2. The van der Waals surface area contributed by atoms with Gasteiger partial charge in [0.15, 0.2) is 0 Å². The maximum atomic E-state index is 6.91. The summed E-state index contributed by atoms with van der Waals surface area (Å²) < 4.78 is 12.1. The molecule has 0 aliphatic rings. The Morgan fingerprint density at radius 1 is 0.778 bits per heavy atom. The van der Waals surface area contributed by atoms with Crippen LogP contribution in [-0.2, 0) is 0 Å². The molecule has 0 radical (unpaired) electrons. The van der Waals surface area contributed by atoms with E-state index >= 15 is 0 Å². The van der Waals surface area contributed by atoms with Crippen LogP contribution < -0.4 is 14.5 Å². The number of anilines is 2. The van der Waals surface area contributed by atoms with Gasteiger partial charge in [-0.15, -0.1) is 0 Å². The molecule has 0 heterocycles. The summed E-state index contributed by atoms with van der Waals surface area (Å²) >= 11 is 0. The average Bonchev–Trinajstić information content (AvgIpc) is 2.61. The summed E-state index contributed by atoms with van der Waals surface area (Å²) in [5.41, 5.74) is 4.92. The monoisotopic (exact) mass is 385 g/mol. The molecule has 0 amide bonds. The predicted molar refractivity (Wildman–Crippen MR) is 119 cm³/mol. The van der Waals surface area contributed by atoms with Crippen molar-refractivity contribution in [3.8, 4) is 11.5 Å². The number of aryl methyl sites for hydroxylation is 1. The largest absolute Gasteiger partial charge is 0.542 e. The second kappa shape index (κ2) is 8.83. The Kier molecular flexibility index (Phi) is 6.99. The molecule has 2 rings (SSSR count). The summed E-state index contributed by atoms with van der Waals surface area (Å²) in [6.07, 6.45) is 0. The number of methoxy groups -OCH3 is 1. The molecule has 0 aliphatic heterocycles. The summed E-state index contributed by atoms with van der Waals surface area (Å²) in [5.74, 6) is 1.87. The number of rotatable bonds is 8. The summed E-state index contributed by atoms with van der Waals surface area (Å²) in [5, 5.41) is 3.48. The molecule has 4 heteroatoms. The molecule has 0 saturated heterocycles. The minimum absolute atomic E-state index is 0.551. The van der Waals surface area contributed by atoms with Gasteiger partial charge in [0.25, 0.3) is 8.32 Å². The maximum absolute atomic E-state index is 6.91. The zero-order valence-corrected chi connectivity index (χ0v) is 19.1. The fourth-order valence-corrected chi connectivity index (χ4v) is 9.48. The van der Waals surface area contributed by atoms with Crippen LogP contribution in [0.2, 0.25) is 16.6 Å². The highest BCUT2D eigenvalue weighted by atomic mass is 28.4. The molecule has 2 aromatic carbocycles. The topological polar surface area (TPSA) is 30.5 Å². The zero-order valence-electron chi connectivity index (χ0n) is 18.1. The first kappa shape index (κ1) is 21.4. The van der Waals surface area contributed by atoms with Gasteiger partial charge in [-0.25, -0.2) is 0 Å². The fourth-order valence-electron chi connectivity index (χ4n) is 4.17. The quantitative estimate of drug-likeness (QED) is 0.483. The Balaban J connectivity index is 2.32. The van der Waals surface area contributed by atoms with E-state index in [1.54, 1.807) is 7.11 Å². The smallest absolute Gasteiger partial charge is 0.258 e. The Morgan fingerprint density at radius 3 is 1.78 bits per heavy atom. The first-order valence-electron chi connectivity index (χ1n) is 9.91. The second-order valence-corrected chi connectivity index (χ2v) is 13.6. The van der Waals surface area contributed by atoms with Crippen molar-refractivity contribution in [1.29, 1.82) is 0 Å². The number of ether oxygens (including phenoxy) is 1. The number of nitrogens with one attached hydrogen (secondary N) is 1. The van der Waals surface area contributed by atoms with Gasteiger partial charge in [-0.2, -0.15) is 0 Å². The molecular formula is C23H35NO2Si. The molecule has 2 aromatic rings. The lowest BCUT2D eigenvalue weighted by atomic mass is 10.2. The highest BCUT2D eigenvalue weighted by Crippen LogP contribution is 2.43. The molecule has 27 heavy (non-hydrogen) atoms. The summed E-state index contributed by atoms with van der Waals surface area (Å²) in [6, 6.07) is 14.4. The lowest BCUT2D eigenvalue weighted by Crippen LogP contribution is -2.50. The van der Waals surface area contributed by atoms with E-state index in [2.05, 4.69) is 72.0 Å². The molecule has 0 aliphatic carbocycles. The third-order valence-electron chi connectivity index (χ3n) is 5.56. The molecule has 0 aromatic heterocycles. The van der Waals surface area contributed by atoms with Crippen LogP contribution in [0, 0.1) is 6.92 Å². The Hall–Kier alpha value is -1.94. The van der Waals surface area contributed by atoms with Gasteiger partial charge in [0, 0.05) is 17.4 Å². The van der Waals surface area contributed by atoms with Crippen molar-refractivity contribution >= 4 is 19.7 Å². The highest BCUT2D eigenvalue weighted by Gasteiger charge is 2.47. The zero-order chi connectivity index (χ0) is 20.2. The number of hydrogen-bond acceptors (Lipinski definition) is 3. The molecule has 148 valence electrons. The third-order valence-corrected chi connectivity index (χ3v) is 11.5. The van der Waals surface area contributed by atoms with E-state index in [0.29, 0.717) is 16.6 Å². The lowest BCUT2D eigenvalue weighted by molar-refractivity contribution is 0.415. The fraction of sp³-hybridized carbons (Fsp3) is 0.478. The average molecular weight is 386 g/mol. The van der Waals surface area contributed by atoms with Crippen molar-refractivity contribution < 1.29 is 9.16 Å². The van der Waals surface area contributed by atoms with Crippen LogP contribution in [0.5, 0.6) is 11.5 Å². The molecule has 1 N–H and O–H groups in total. The van der Waals surface area contributed by atoms with Crippen LogP contribution >= 0.6 is 0 Å². The van der Waals surface area contributed by atoms with E-state index in [0.717, 1.165) is 22.9 Å². The SMILES string of the molecule is COc1ccc(Nc2ccc(C)c(O[Si](C(C)C)(C(C)C)C(C)C)c2)cc1. The summed E-state index contributed by atoms with van der Waals surface area (Å²) in [6.45, 7) is 16.1. The van der Waals surface area contributed by atoms with Gasteiger partial charge in [0.1, 0.15) is 11.5 Å². The van der Waals surface area contributed by atoms with E-state index in [9.17, 15) is 0 Å². The Bertz CT molecular complexity index is 717. The predicted octanol–water partition coefficient (Wildman–Crippen LogP) is 7.30. The van der Waals surface area contributed by atoms with Crippen LogP contribution in [0.3, 0.4) is 0 Å². The first-order chi connectivity index (χ1) is 12.7. The highest BCUT2D eigenvalue weighted by molar-refractivity contribution is 6.78. The van der Waals surface area contributed by atoms with Crippen molar-refractivity contribution in [2.75, 3.05) is 12.4 Å². The minimum atomic E-state index is -1.97. The molecule has 0 spiro atoms. The molecule has 0 unspecified atom stereocenters. The van der Waals surface area contributed by atoms with Crippen LogP contribution in [-0.4, -0.2) is 15.4 Å². The van der Waals surface area contributed by atoms with Crippen molar-refractivity contribution in [3.05, 3.63) is 48.0 Å². The molecule has 3 nitrogen and oxygen atoms in total. The van der Waals surface area contributed by atoms with E-state index < -0.39 is 8.32 Å². The second-order valence-electron chi connectivity index (χ2n) is 8.25. The maximum Gasteiger partial charge on any atom is 0.258 e. The van der Waals surface area contributed by atoms with Gasteiger partial charge in [-0.1, -0.05) is 47.6 Å². The van der Waals surface area contributed by atoms with Crippen LogP contribution in [0.25, 0.3) is 0 Å². The van der Waals surface area contributed by atoms with Gasteiger partial charge in [-0.3, -0.25) is 0 Å². The van der Waals surface area contributed by atoms with E-state index in [1.807, 2.05) is 24.3 Å². The standard InChI is InChI=1S/C23H35NO2Si/c1-16(2)27(17(3)4,18(5)6)26-23-15-21(10-9-19(23)7)24-20-11-13-22(25-8)14-12-20/h9-18,24H,1-8H3. The number of hydrogen-bond donors (Lipinski definition) is 1. The lowest BCUT2D eigenvalue weighted by Gasteiger charge is -2.42.